The monoisotopic (exact) mass is 348 g/mol. The molecule has 2 atom stereocenters. The van der Waals surface area contributed by atoms with Gasteiger partial charge in [-0.1, -0.05) is 35.5 Å². The second kappa shape index (κ2) is 8.00. The van der Waals surface area contributed by atoms with Crippen LogP contribution in [-0.4, -0.2) is 42.6 Å². The number of esters is 1. The number of rotatable bonds is 5. The zero-order valence-electron chi connectivity index (χ0n) is 14.9. The van der Waals surface area contributed by atoms with Crippen LogP contribution in [0.5, 0.6) is 0 Å². The molecule has 136 valence electrons. The molecule has 0 fully saturated rings. The normalized spacial score (nSPS) is 17.9. The van der Waals surface area contributed by atoms with Crippen LogP contribution >= 0.6 is 0 Å². The fourth-order valence-corrected chi connectivity index (χ4v) is 2.41. The number of ether oxygens (including phenoxy) is 2. The van der Waals surface area contributed by atoms with Gasteiger partial charge in [0.1, 0.15) is 5.60 Å². The second-order valence-electron chi connectivity index (χ2n) is 6.79. The van der Waals surface area contributed by atoms with E-state index >= 15 is 0 Å². The number of carbonyl (C=O) groups is 2. The largest absolute Gasteiger partial charge is 0.466 e. The lowest BCUT2D eigenvalue weighted by molar-refractivity contribution is -0.152. The highest BCUT2D eigenvalue weighted by Gasteiger charge is 2.34. The first-order valence-electron chi connectivity index (χ1n) is 8.12. The highest BCUT2D eigenvalue weighted by molar-refractivity contribution is 5.96. The fourth-order valence-electron chi connectivity index (χ4n) is 2.41. The summed E-state index contributed by atoms with van der Waals surface area (Å²) in [6.07, 6.45) is -0.549. The van der Waals surface area contributed by atoms with Crippen molar-refractivity contribution in [2.24, 2.45) is 5.16 Å². The molecule has 1 amide bonds. The van der Waals surface area contributed by atoms with Gasteiger partial charge < -0.3 is 19.6 Å². The molecule has 1 aromatic carbocycles. The smallest absolute Gasteiger partial charge is 0.408 e. The van der Waals surface area contributed by atoms with E-state index in [2.05, 4.69) is 15.2 Å². The summed E-state index contributed by atoms with van der Waals surface area (Å²) in [7, 11) is 1.30. The Kier molecular flexibility index (Phi) is 6.01. The Labute approximate surface area is 147 Å². The van der Waals surface area contributed by atoms with E-state index in [1.54, 1.807) is 20.8 Å². The van der Waals surface area contributed by atoms with Crippen molar-refractivity contribution in [3.8, 4) is 0 Å². The number of benzene rings is 1. The van der Waals surface area contributed by atoms with Gasteiger partial charge in [-0.15, -0.1) is 0 Å². The Bertz CT molecular complexity index is 637. The van der Waals surface area contributed by atoms with Crippen molar-refractivity contribution in [1.29, 1.82) is 0 Å². The summed E-state index contributed by atoms with van der Waals surface area (Å²) in [5.74, 6) is -0.491. The van der Waals surface area contributed by atoms with Gasteiger partial charge in [-0.3, -0.25) is 0 Å². The third kappa shape index (κ3) is 5.77. The van der Waals surface area contributed by atoms with Crippen LogP contribution in [0.25, 0.3) is 0 Å². The van der Waals surface area contributed by atoms with E-state index < -0.39 is 29.8 Å². The van der Waals surface area contributed by atoms with Crippen molar-refractivity contribution in [2.45, 2.75) is 51.4 Å². The molecular formula is C18H24N2O5. The first kappa shape index (κ1) is 18.8. The number of methoxy groups -OCH3 is 1. The van der Waals surface area contributed by atoms with E-state index in [0.29, 0.717) is 12.1 Å². The maximum Gasteiger partial charge on any atom is 0.408 e. The van der Waals surface area contributed by atoms with Gasteiger partial charge in [0.15, 0.2) is 0 Å². The lowest BCUT2D eigenvalue weighted by atomic mass is 9.98. The maximum absolute atomic E-state index is 12.2. The Morgan fingerprint density at radius 2 is 2.00 bits per heavy atom. The summed E-state index contributed by atoms with van der Waals surface area (Å²) in [6.45, 7) is 5.38. The van der Waals surface area contributed by atoms with Crippen molar-refractivity contribution < 1.29 is 23.9 Å². The zero-order chi connectivity index (χ0) is 18.4. The number of nitrogens with one attached hydrogen (secondary N) is 1. The molecule has 0 bridgehead atoms. The summed E-state index contributed by atoms with van der Waals surface area (Å²) in [6, 6.07) is 9.24. The standard InChI is InChI=1S/C18H24N2O5/c1-18(2,3)24-17(22)19-13(10-12-8-6-5-7-9-12)14-11-15(25-20-14)16(21)23-4/h5-9,13,15H,10-11H2,1-4H3,(H,19,22)/t13-,15+/m0/s1. The minimum atomic E-state index is -0.779. The van der Waals surface area contributed by atoms with Crippen molar-refractivity contribution >= 4 is 17.8 Å². The number of oxime groups is 1. The van der Waals surface area contributed by atoms with Crippen LogP contribution in [0.3, 0.4) is 0 Å². The molecule has 0 aliphatic carbocycles. The van der Waals surface area contributed by atoms with Crippen LogP contribution in [0, 0.1) is 0 Å². The molecule has 7 heteroatoms. The van der Waals surface area contributed by atoms with E-state index in [0.717, 1.165) is 5.56 Å². The number of carbonyl (C=O) groups excluding carboxylic acids is 2. The summed E-state index contributed by atoms with van der Waals surface area (Å²) >= 11 is 0. The molecule has 7 nitrogen and oxygen atoms in total. The van der Waals surface area contributed by atoms with Gasteiger partial charge in [0.25, 0.3) is 0 Å². The topological polar surface area (TPSA) is 86.2 Å². The molecule has 1 aromatic rings. The summed E-state index contributed by atoms with van der Waals surface area (Å²) in [5, 5.41) is 6.80. The minimum Gasteiger partial charge on any atom is -0.466 e. The van der Waals surface area contributed by atoms with Gasteiger partial charge in [0, 0.05) is 6.42 Å². The van der Waals surface area contributed by atoms with E-state index in [4.69, 9.17) is 9.57 Å². The molecule has 1 aliphatic heterocycles. The van der Waals surface area contributed by atoms with E-state index in [1.807, 2.05) is 30.3 Å². The third-order valence-corrected chi connectivity index (χ3v) is 3.53. The van der Waals surface area contributed by atoms with Crippen molar-refractivity contribution in [3.63, 3.8) is 0 Å². The van der Waals surface area contributed by atoms with Crippen molar-refractivity contribution in [2.75, 3.05) is 7.11 Å². The van der Waals surface area contributed by atoms with Crippen molar-refractivity contribution in [1.82, 2.24) is 5.32 Å². The molecular weight excluding hydrogens is 324 g/mol. The fraction of sp³-hybridized carbons (Fsp3) is 0.500. The van der Waals surface area contributed by atoms with Gasteiger partial charge in [0.05, 0.1) is 18.9 Å². The highest BCUT2D eigenvalue weighted by Crippen LogP contribution is 2.17. The summed E-state index contributed by atoms with van der Waals surface area (Å²) in [5.41, 5.74) is 0.988. The molecule has 1 N–H and O–H groups in total. The number of nitrogens with zero attached hydrogens (tertiary/aromatic N) is 1. The van der Waals surface area contributed by atoms with E-state index in [-0.39, 0.29) is 6.42 Å². The average molecular weight is 348 g/mol. The van der Waals surface area contributed by atoms with Crippen LogP contribution in [0.1, 0.15) is 32.8 Å². The Balaban J connectivity index is 2.10. The maximum atomic E-state index is 12.2. The highest BCUT2D eigenvalue weighted by atomic mass is 16.7. The molecule has 1 aliphatic rings. The Morgan fingerprint density at radius 3 is 2.60 bits per heavy atom. The molecule has 0 radical (unpaired) electrons. The summed E-state index contributed by atoms with van der Waals surface area (Å²) < 4.78 is 10.0. The molecule has 25 heavy (non-hydrogen) atoms. The second-order valence-corrected chi connectivity index (χ2v) is 6.79. The van der Waals surface area contributed by atoms with Crippen LogP contribution < -0.4 is 5.32 Å². The van der Waals surface area contributed by atoms with Gasteiger partial charge in [-0.05, 0) is 32.8 Å². The van der Waals surface area contributed by atoms with Gasteiger partial charge >= 0.3 is 12.1 Å². The van der Waals surface area contributed by atoms with Crippen molar-refractivity contribution in [3.05, 3.63) is 35.9 Å². The van der Waals surface area contributed by atoms with Crippen LogP contribution in [0.15, 0.2) is 35.5 Å². The molecule has 0 unspecified atom stereocenters. The Morgan fingerprint density at radius 1 is 1.32 bits per heavy atom. The summed E-state index contributed by atoms with van der Waals surface area (Å²) in [4.78, 5) is 28.9. The number of hydrogen-bond donors (Lipinski definition) is 1. The van der Waals surface area contributed by atoms with Crippen LogP contribution in [-0.2, 0) is 25.5 Å². The number of amides is 1. The molecule has 0 spiro atoms. The van der Waals surface area contributed by atoms with Gasteiger partial charge in [-0.2, -0.15) is 0 Å². The average Bonchev–Trinajstić information content (AvgIpc) is 3.02. The molecule has 0 aromatic heterocycles. The number of alkyl carbamates (subject to hydrolysis) is 1. The Hall–Kier alpha value is -2.57. The SMILES string of the molecule is COC(=O)[C@H]1CC([C@H](Cc2ccccc2)NC(=O)OC(C)(C)C)=NO1. The first-order valence-corrected chi connectivity index (χ1v) is 8.12. The quantitative estimate of drug-likeness (QED) is 0.826. The van der Waals surface area contributed by atoms with Crippen LogP contribution in [0.2, 0.25) is 0 Å². The molecule has 0 saturated carbocycles. The number of hydrogen-bond acceptors (Lipinski definition) is 6. The van der Waals surface area contributed by atoms with Crippen LogP contribution in [0.4, 0.5) is 4.79 Å². The third-order valence-electron chi connectivity index (χ3n) is 3.53. The molecule has 1 heterocycles. The molecule has 2 rings (SSSR count). The lowest BCUT2D eigenvalue weighted by Crippen LogP contribution is -2.44. The predicted octanol–water partition coefficient (Wildman–Crippen LogP) is 2.44. The van der Waals surface area contributed by atoms with Gasteiger partial charge in [0.2, 0.25) is 6.10 Å². The van der Waals surface area contributed by atoms with E-state index in [1.165, 1.54) is 7.11 Å². The zero-order valence-corrected chi connectivity index (χ0v) is 14.9. The predicted molar refractivity (Wildman–Crippen MR) is 92.2 cm³/mol. The first-order chi connectivity index (χ1) is 11.8. The van der Waals surface area contributed by atoms with E-state index in [9.17, 15) is 9.59 Å². The molecule has 0 saturated heterocycles. The van der Waals surface area contributed by atoms with Gasteiger partial charge in [-0.25, -0.2) is 9.59 Å². The lowest BCUT2D eigenvalue weighted by Gasteiger charge is -2.23. The minimum absolute atomic E-state index is 0.264.